The minimum atomic E-state index is -3.17. The van der Waals surface area contributed by atoms with Gasteiger partial charge in [0.15, 0.2) is 5.96 Å². The van der Waals surface area contributed by atoms with Crippen LogP contribution < -0.4 is 5.32 Å². The summed E-state index contributed by atoms with van der Waals surface area (Å²) in [5.41, 5.74) is 0. The van der Waals surface area contributed by atoms with E-state index in [9.17, 15) is 8.42 Å². The molecule has 0 aromatic carbocycles. The van der Waals surface area contributed by atoms with Gasteiger partial charge in [-0.2, -0.15) is 11.8 Å². The maximum Gasteiger partial charge on any atom is 0.215 e. The van der Waals surface area contributed by atoms with Crippen molar-refractivity contribution in [1.82, 2.24) is 14.5 Å². The minimum Gasteiger partial charge on any atom is -0.357 e. The molecular weight excluding hydrogens is 332 g/mol. The zero-order valence-electron chi connectivity index (χ0n) is 14.3. The largest absolute Gasteiger partial charge is 0.357 e. The molecule has 134 valence electrons. The number of nitrogens with one attached hydrogen (secondary N) is 1. The molecule has 0 unspecified atom stereocenters. The molecule has 0 aliphatic carbocycles. The molecule has 0 aromatic rings. The van der Waals surface area contributed by atoms with Crippen molar-refractivity contribution in [3.63, 3.8) is 0 Å². The summed E-state index contributed by atoms with van der Waals surface area (Å²) in [7, 11) is -3.17. The molecule has 0 spiro atoms. The van der Waals surface area contributed by atoms with Gasteiger partial charge in [-0.15, -0.1) is 0 Å². The lowest BCUT2D eigenvalue weighted by molar-refractivity contribution is 0.273. The Morgan fingerprint density at radius 3 is 2.48 bits per heavy atom. The van der Waals surface area contributed by atoms with Crippen molar-refractivity contribution in [2.45, 2.75) is 26.7 Å². The highest BCUT2D eigenvalue weighted by atomic mass is 32.2. The van der Waals surface area contributed by atoms with Gasteiger partial charge in [0.2, 0.25) is 10.0 Å². The van der Waals surface area contributed by atoms with Crippen LogP contribution in [0.3, 0.4) is 0 Å². The average Bonchev–Trinajstić information content (AvgIpc) is 2.56. The summed E-state index contributed by atoms with van der Waals surface area (Å²) in [5.74, 6) is 3.54. The average molecular weight is 363 g/mol. The quantitative estimate of drug-likeness (QED) is 0.585. The van der Waals surface area contributed by atoms with Crippen LogP contribution in [0.15, 0.2) is 4.99 Å². The molecule has 8 heteroatoms. The van der Waals surface area contributed by atoms with Gasteiger partial charge < -0.3 is 10.2 Å². The van der Waals surface area contributed by atoms with Crippen LogP contribution in [0.2, 0.25) is 0 Å². The molecule has 2 heterocycles. The first-order valence-corrected chi connectivity index (χ1v) is 11.4. The standard InChI is InChI=1S/C15H30N4O2S2/c1-3-16-15(18-7-4-14(2)5-8-18)17-6-13-23(20,21)19-9-11-22-12-10-19/h14H,3-13H2,1-2H3,(H,16,17). The van der Waals surface area contributed by atoms with E-state index in [-0.39, 0.29) is 5.75 Å². The third kappa shape index (κ3) is 5.83. The third-order valence-corrected chi connectivity index (χ3v) is 7.19. The Bertz CT molecular complexity index is 482. The van der Waals surface area contributed by atoms with E-state index in [2.05, 4.69) is 22.1 Å². The highest BCUT2D eigenvalue weighted by Crippen LogP contribution is 2.16. The number of hydrogen-bond acceptors (Lipinski definition) is 4. The first-order valence-electron chi connectivity index (χ1n) is 8.61. The maximum absolute atomic E-state index is 12.4. The SMILES string of the molecule is CCNC(=NCCS(=O)(=O)N1CCSCC1)N1CCC(C)CC1. The van der Waals surface area contributed by atoms with Gasteiger partial charge in [-0.05, 0) is 25.7 Å². The van der Waals surface area contributed by atoms with Crippen molar-refractivity contribution in [2.24, 2.45) is 10.9 Å². The number of piperidine rings is 1. The van der Waals surface area contributed by atoms with Crippen LogP contribution in [0.1, 0.15) is 26.7 Å². The fraction of sp³-hybridized carbons (Fsp3) is 0.933. The van der Waals surface area contributed by atoms with Crippen LogP contribution in [0, 0.1) is 5.92 Å². The molecule has 0 bridgehead atoms. The molecule has 0 amide bonds. The second-order valence-corrected chi connectivity index (χ2v) is 9.55. The molecule has 0 radical (unpaired) electrons. The van der Waals surface area contributed by atoms with Gasteiger partial charge >= 0.3 is 0 Å². The van der Waals surface area contributed by atoms with Gasteiger partial charge in [0.25, 0.3) is 0 Å². The van der Waals surface area contributed by atoms with Crippen LogP contribution >= 0.6 is 11.8 Å². The van der Waals surface area contributed by atoms with Crippen molar-refractivity contribution >= 4 is 27.7 Å². The summed E-state index contributed by atoms with van der Waals surface area (Å²) in [4.78, 5) is 6.82. The van der Waals surface area contributed by atoms with Crippen molar-refractivity contribution < 1.29 is 8.42 Å². The summed E-state index contributed by atoms with van der Waals surface area (Å²) < 4.78 is 26.3. The summed E-state index contributed by atoms with van der Waals surface area (Å²) in [6.45, 7) is 8.75. The first-order chi connectivity index (χ1) is 11.0. The van der Waals surface area contributed by atoms with Crippen LogP contribution in [-0.2, 0) is 10.0 Å². The summed E-state index contributed by atoms with van der Waals surface area (Å²) in [6, 6.07) is 0. The molecule has 2 rings (SSSR count). The smallest absolute Gasteiger partial charge is 0.215 e. The number of likely N-dealkylation sites (tertiary alicyclic amines) is 1. The van der Waals surface area contributed by atoms with E-state index in [1.54, 1.807) is 4.31 Å². The Morgan fingerprint density at radius 2 is 1.87 bits per heavy atom. The second kappa shape index (κ2) is 9.13. The van der Waals surface area contributed by atoms with Gasteiger partial charge in [0, 0.05) is 44.2 Å². The Kier molecular flexibility index (Phi) is 7.49. The lowest BCUT2D eigenvalue weighted by Crippen LogP contribution is -2.45. The summed E-state index contributed by atoms with van der Waals surface area (Å²) in [6.07, 6.45) is 2.35. The number of guanidine groups is 1. The molecule has 0 saturated carbocycles. The van der Waals surface area contributed by atoms with E-state index in [4.69, 9.17) is 0 Å². The molecular formula is C15H30N4O2S2. The van der Waals surface area contributed by atoms with Crippen molar-refractivity contribution in [1.29, 1.82) is 0 Å². The van der Waals surface area contributed by atoms with Crippen molar-refractivity contribution in [2.75, 3.05) is 56.5 Å². The van der Waals surface area contributed by atoms with Gasteiger partial charge in [0.05, 0.1) is 12.3 Å². The Hall–Kier alpha value is -0.470. The fourth-order valence-electron chi connectivity index (χ4n) is 2.87. The summed E-state index contributed by atoms with van der Waals surface area (Å²) in [5, 5.41) is 3.30. The molecule has 0 aromatic heterocycles. The number of aliphatic imine (C=N–C) groups is 1. The second-order valence-electron chi connectivity index (χ2n) is 6.23. The zero-order valence-corrected chi connectivity index (χ0v) is 16.0. The lowest BCUT2D eigenvalue weighted by atomic mass is 10.00. The molecule has 6 nitrogen and oxygen atoms in total. The molecule has 2 saturated heterocycles. The predicted octanol–water partition coefficient (Wildman–Crippen LogP) is 1.06. The fourth-order valence-corrected chi connectivity index (χ4v) is 5.32. The molecule has 2 fully saturated rings. The number of thioether (sulfide) groups is 1. The Labute approximate surface area is 145 Å². The van der Waals surface area contributed by atoms with Crippen molar-refractivity contribution in [3.05, 3.63) is 0 Å². The van der Waals surface area contributed by atoms with E-state index in [0.717, 1.165) is 43.0 Å². The molecule has 2 aliphatic heterocycles. The number of hydrogen-bond donors (Lipinski definition) is 1. The van der Waals surface area contributed by atoms with Gasteiger partial charge in [-0.3, -0.25) is 4.99 Å². The van der Waals surface area contributed by atoms with Gasteiger partial charge in [-0.25, -0.2) is 12.7 Å². The highest BCUT2D eigenvalue weighted by molar-refractivity contribution is 7.99. The monoisotopic (exact) mass is 362 g/mol. The van der Waals surface area contributed by atoms with Crippen LogP contribution in [-0.4, -0.2) is 80.1 Å². The highest BCUT2D eigenvalue weighted by Gasteiger charge is 2.24. The molecule has 23 heavy (non-hydrogen) atoms. The zero-order chi connectivity index (χ0) is 16.7. The van der Waals surface area contributed by atoms with E-state index >= 15 is 0 Å². The first kappa shape index (κ1) is 18.9. The number of rotatable bonds is 5. The third-order valence-electron chi connectivity index (χ3n) is 4.39. The number of sulfonamides is 1. The molecule has 1 N–H and O–H groups in total. The normalized spacial score (nSPS) is 22.3. The Balaban J connectivity index is 1.89. The van der Waals surface area contributed by atoms with E-state index in [1.165, 1.54) is 12.8 Å². The van der Waals surface area contributed by atoms with E-state index in [0.29, 0.717) is 19.6 Å². The lowest BCUT2D eigenvalue weighted by Gasteiger charge is -2.33. The molecule has 0 atom stereocenters. The van der Waals surface area contributed by atoms with Crippen LogP contribution in [0.25, 0.3) is 0 Å². The summed E-state index contributed by atoms with van der Waals surface area (Å²) >= 11 is 1.82. The minimum absolute atomic E-state index is 0.108. The maximum atomic E-state index is 12.4. The van der Waals surface area contributed by atoms with E-state index in [1.807, 2.05) is 18.7 Å². The van der Waals surface area contributed by atoms with Gasteiger partial charge in [0.1, 0.15) is 0 Å². The van der Waals surface area contributed by atoms with E-state index < -0.39 is 10.0 Å². The van der Waals surface area contributed by atoms with Crippen molar-refractivity contribution in [3.8, 4) is 0 Å². The Morgan fingerprint density at radius 1 is 1.22 bits per heavy atom. The topological polar surface area (TPSA) is 65.0 Å². The molecule has 2 aliphatic rings. The predicted molar refractivity (Wildman–Crippen MR) is 98.6 cm³/mol. The number of nitrogens with zero attached hydrogens (tertiary/aromatic N) is 3. The van der Waals surface area contributed by atoms with Crippen LogP contribution in [0.5, 0.6) is 0 Å². The van der Waals surface area contributed by atoms with Gasteiger partial charge in [-0.1, -0.05) is 6.92 Å². The van der Waals surface area contributed by atoms with Crippen LogP contribution in [0.4, 0.5) is 0 Å².